The molecule has 19 heavy (non-hydrogen) atoms. The van der Waals surface area contributed by atoms with E-state index in [0.717, 1.165) is 5.82 Å². The van der Waals surface area contributed by atoms with E-state index in [1.54, 1.807) is 22.9 Å². The molecule has 96 valence electrons. The van der Waals surface area contributed by atoms with Crippen LogP contribution in [-0.4, -0.2) is 19.6 Å². The lowest BCUT2D eigenvalue weighted by atomic mass is 10.3. The zero-order valence-electron chi connectivity index (χ0n) is 9.93. The number of aryl methyl sites for hydroxylation is 1. The van der Waals surface area contributed by atoms with Crippen LogP contribution in [0.5, 0.6) is 0 Å². The lowest BCUT2D eigenvalue weighted by Crippen LogP contribution is -1.99. The Balaban J connectivity index is 2.06. The van der Waals surface area contributed by atoms with E-state index in [9.17, 15) is 4.39 Å². The maximum absolute atomic E-state index is 13.0. The average molecular weight is 278 g/mol. The van der Waals surface area contributed by atoms with Crippen molar-refractivity contribution in [2.75, 3.05) is 5.32 Å². The Labute approximate surface area is 113 Å². The van der Waals surface area contributed by atoms with Crippen LogP contribution in [0.1, 0.15) is 5.82 Å². The molecule has 0 unspecified atom stereocenters. The molecule has 1 aromatic carbocycles. The molecular formula is C12H9ClFN5. The fraction of sp³-hybridized carbons (Fsp3) is 0.0833. The van der Waals surface area contributed by atoms with Gasteiger partial charge in [0.2, 0.25) is 5.65 Å². The Morgan fingerprint density at radius 3 is 2.95 bits per heavy atom. The molecule has 0 atom stereocenters. The fourth-order valence-electron chi connectivity index (χ4n) is 1.75. The summed E-state index contributed by atoms with van der Waals surface area (Å²) in [6, 6.07) is 4.11. The third-order valence-corrected chi connectivity index (χ3v) is 2.99. The molecular weight excluding hydrogens is 269 g/mol. The van der Waals surface area contributed by atoms with Gasteiger partial charge >= 0.3 is 0 Å². The van der Waals surface area contributed by atoms with Crippen molar-refractivity contribution in [2.24, 2.45) is 0 Å². The van der Waals surface area contributed by atoms with Crippen LogP contribution in [0.25, 0.3) is 5.65 Å². The SMILES string of the molecule is Cc1nnc2c(Nc3ccc(F)cc3Cl)nccn12. The van der Waals surface area contributed by atoms with Gasteiger partial charge in [0.25, 0.3) is 0 Å². The van der Waals surface area contributed by atoms with Gasteiger partial charge in [-0.05, 0) is 25.1 Å². The van der Waals surface area contributed by atoms with Crippen molar-refractivity contribution in [3.05, 3.63) is 47.3 Å². The summed E-state index contributed by atoms with van der Waals surface area (Å²) in [5, 5.41) is 11.3. The van der Waals surface area contributed by atoms with Gasteiger partial charge in [-0.15, -0.1) is 10.2 Å². The maximum atomic E-state index is 13.0. The molecule has 0 saturated carbocycles. The average Bonchev–Trinajstić information content (AvgIpc) is 2.76. The van der Waals surface area contributed by atoms with E-state index in [0.29, 0.717) is 17.2 Å². The third kappa shape index (κ3) is 2.10. The number of anilines is 2. The van der Waals surface area contributed by atoms with E-state index >= 15 is 0 Å². The van der Waals surface area contributed by atoms with Crippen molar-refractivity contribution >= 4 is 28.8 Å². The molecule has 3 aromatic rings. The Morgan fingerprint density at radius 2 is 2.16 bits per heavy atom. The number of fused-ring (bicyclic) bond motifs is 1. The van der Waals surface area contributed by atoms with Crippen LogP contribution in [0.2, 0.25) is 5.02 Å². The predicted molar refractivity (Wildman–Crippen MR) is 70.2 cm³/mol. The first kappa shape index (κ1) is 11.9. The van der Waals surface area contributed by atoms with Gasteiger partial charge in [0.1, 0.15) is 11.6 Å². The topological polar surface area (TPSA) is 55.1 Å². The third-order valence-electron chi connectivity index (χ3n) is 2.68. The van der Waals surface area contributed by atoms with Crippen molar-refractivity contribution in [2.45, 2.75) is 6.92 Å². The number of aromatic nitrogens is 4. The normalized spacial score (nSPS) is 10.9. The predicted octanol–water partition coefficient (Wildman–Crippen LogP) is 2.97. The van der Waals surface area contributed by atoms with Crippen LogP contribution in [0.15, 0.2) is 30.6 Å². The van der Waals surface area contributed by atoms with Crippen molar-refractivity contribution in [3.8, 4) is 0 Å². The second kappa shape index (κ2) is 4.47. The summed E-state index contributed by atoms with van der Waals surface area (Å²) in [6.07, 6.45) is 3.39. The second-order valence-corrected chi connectivity index (χ2v) is 4.37. The zero-order valence-corrected chi connectivity index (χ0v) is 10.7. The van der Waals surface area contributed by atoms with Gasteiger partial charge in [0.05, 0.1) is 10.7 Å². The van der Waals surface area contributed by atoms with Gasteiger partial charge < -0.3 is 5.32 Å². The summed E-state index contributed by atoms with van der Waals surface area (Å²) in [4.78, 5) is 4.19. The molecule has 0 aliphatic rings. The first-order valence-electron chi connectivity index (χ1n) is 5.53. The number of rotatable bonds is 2. The highest BCUT2D eigenvalue weighted by Crippen LogP contribution is 2.26. The van der Waals surface area contributed by atoms with Crippen LogP contribution >= 0.6 is 11.6 Å². The number of benzene rings is 1. The van der Waals surface area contributed by atoms with Crippen LogP contribution in [-0.2, 0) is 0 Å². The molecule has 0 bridgehead atoms. The van der Waals surface area contributed by atoms with E-state index in [1.165, 1.54) is 12.1 Å². The van der Waals surface area contributed by atoms with Crippen molar-refractivity contribution < 1.29 is 4.39 Å². The molecule has 0 aliphatic carbocycles. The highest BCUT2D eigenvalue weighted by molar-refractivity contribution is 6.33. The van der Waals surface area contributed by atoms with Gasteiger partial charge in [-0.1, -0.05) is 11.6 Å². The number of hydrogen-bond acceptors (Lipinski definition) is 4. The minimum absolute atomic E-state index is 0.278. The van der Waals surface area contributed by atoms with Gasteiger partial charge in [-0.2, -0.15) is 0 Å². The number of nitrogens with one attached hydrogen (secondary N) is 1. The molecule has 0 spiro atoms. The molecule has 3 rings (SSSR count). The Kier molecular flexibility index (Phi) is 2.79. The number of halogens is 2. The highest BCUT2D eigenvalue weighted by Gasteiger charge is 2.09. The highest BCUT2D eigenvalue weighted by atomic mass is 35.5. The molecule has 2 heterocycles. The van der Waals surface area contributed by atoms with Gasteiger partial charge in [0, 0.05) is 12.4 Å². The largest absolute Gasteiger partial charge is 0.336 e. The summed E-state index contributed by atoms with van der Waals surface area (Å²) in [7, 11) is 0. The Hall–Kier alpha value is -2.21. The Morgan fingerprint density at radius 1 is 1.32 bits per heavy atom. The van der Waals surface area contributed by atoms with E-state index < -0.39 is 0 Å². The Bertz CT molecular complexity index is 755. The smallest absolute Gasteiger partial charge is 0.204 e. The first-order chi connectivity index (χ1) is 9.15. The lowest BCUT2D eigenvalue weighted by molar-refractivity contribution is 0.628. The quantitative estimate of drug-likeness (QED) is 0.782. The minimum Gasteiger partial charge on any atom is -0.336 e. The summed E-state index contributed by atoms with van der Waals surface area (Å²) in [5.41, 5.74) is 1.14. The molecule has 0 aliphatic heterocycles. The van der Waals surface area contributed by atoms with Gasteiger partial charge in [-0.3, -0.25) is 4.40 Å². The number of hydrogen-bond donors (Lipinski definition) is 1. The van der Waals surface area contributed by atoms with E-state index in [-0.39, 0.29) is 10.8 Å². The lowest BCUT2D eigenvalue weighted by Gasteiger charge is -2.08. The van der Waals surface area contributed by atoms with Crippen molar-refractivity contribution in [1.82, 2.24) is 19.6 Å². The van der Waals surface area contributed by atoms with Crippen LogP contribution in [0.3, 0.4) is 0 Å². The molecule has 0 fully saturated rings. The molecule has 0 amide bonds. The van der Waals surface area contributed by atoms with Gasteiger partial charge in [-0.25, -0.2) is 9.37 Å². The molecule has 0 saturated heterocycles. The van der Waals surface area contributed by atoms with Crippen molar-refractivity contribution in [1.29, 1.82) is 0 Å². The zero-order chi connectivity index (χ0) is 13.4. The van der Waals surface area contributed by atoms with Gasteiger partial charge in [0.15, 0.2) is 5.82 Å². The van der Waals surface area contributed by atoms with E-state index in [2.05, 4.69) is 20.5 Å². The van der Waals surface area contributed by atoms with E-state index in [4.69, 9.17) is 11.6 Å². The van der Waals surface area contributed by atoms with E-state index in [1.807, 2.05) is 6.92 Å². The first-order valence-corrected chi connectivity index (χ1v) is 5.91. The molecule has 7 heteroatoms. The summed E-state index contributed by atoms with van der Waals surface area (Å²) in [6.45, 7) is 1.84. The van der Waals surface area contributed by atoms with Crippen LogP contribution < -0.4 is 5.32 Å². The second-order valence-electron chi connectivity index (χ2n) is 3.97. The number of nitrogens with zero attached hydrogens (tertiary/aromatic N) is 4. The molecule has 0 radical (unpaired) electrons. The standard InChI is InChI=1S/C12H9ClFN5/c1-7-17-18-12-11(15-4-5-19(7)12)16-10-3-2-8(14)6-9(10)13/h2-6H,1H3,(H,15,16). The van der Waals surface area contributed by atoms with Crippen molar-refractivity contribution in [3.63, 3.8) is 0 Å². The molecule has 5 nitrogen and oxygen atoms in total. The molecule has 2 aromatic heterocycles. The van der Waals surface area contributed by atoms with Crippen LogP contribution in [0, 0.1) is 12.7 Å². The maximum Gasteiger partial charge on any atom is 0.204 e. The monoisotopic (exact) mass is 277 g/mol. The summed E-state index contributed by atoms with van der Waals surface area (Å²) in [5.74, 6) is 0.877. The molecule has 1 N–H and O–H groups in total. The van der Waals surface area contributed by atoms with Crippen LogP contribution in [0.4, 0.5) is 15.9 Å². The fourth-order valence-corrected chi connectivity index (χ4v) is 1.96. The minimum atomic E-state index is -0.389. The summed E-state index contributed by atoms with van der Waals surface area (Å²) < 4.78 is 14.8. The summed E-state index contributed by atoms with van der Waals surface area (Å²) >= 11 is 5.96.